The fourth-order valence-electron chi connectivity index (χ4n) is 2.24. The van der Waals surface area contributed by atoms with Crippen LogP contribution in [0.25, 0.3) is 10.6 Å². The van der Waals surface area contributed by atoms with Gasteiger partial charge in [0.05, 0.1) is 11.8 Å². The van der Waals surface area contributed by atoms with E-state index in [-0.39, 0.29) is 5.78 Å². The van der Waals surface area contributed by atoms with E-state index in [2.05, 4.69) is 9.97 Å². The van der Waals surface area contributed by atoms with Gasteiger partial charge in [0, 0.05) is 28.4 Å². The van der Waals surface area contributed by atoms with Gasteiger partial charge in [0.15, 0.2) is 11.7 Å². The Morgan fingerprint density at radius 1 is 1.22 bits per heavy atom. The van der Waals surface area contributed by atoms with E-state index >= 15 is 0 Å². The van der Waals surface area contributed by atoms with E-state index in [9.17, 15) is 10.1 Å². The Bertz CT molecular complexity index is 863. The lowest BCUT2D eigenvalue weighted by Gasteiger charge is -2.08. The van der Waals surface area contributed by atoms with Crippen LogP contribution in [-0.2, 0) is 0 Å². The first-order chi connectivity index (χ1) is 11.2. The summed E-state index contributed by atoms with van der Waals surface area (Å²) in [7, 11) is 0. The van der Waals surface area contributed by atoms with Crippen LogP contribution in [0.15, 0.2) is 54.0 Å². The van der Waals surface area contributed by atoms with E-state index in [1.807, 2.05) is 30.5 Å². The molecule has 0 spiro atoms. The molecule has 0 bridgehead atoms. The number of aryl methyl sites for hydroxylation is 1. The highest BCUT2D eigenvalue weighted by Crippen LogP contribution is 2.25. The summed E-state index contributed by atoms with van der Waals surface area (Å²) < 4.78 is 0. The number of carbonyl (C=O) groups excluding carboxylic acids is 1. The Morgan fingerprint density at radius 3 is 2.57 bits per heavy atom. The summed E-state index contributed by atoms with van der Waals surface area (Å²) in [5.41, 5.74) is 2.91. The van der Waals surface area contributed by atoms with Gasteiger partial charge < -0.3 is 0 Å². The molecule has 112 valence electrons. The molecule has 1 aromatic carbocycles. The number of hydrogen-bond acceptors (Lipinski definition) is 5. The van der Waals surface area contributed by atoms with Crippen molar-refractivity contribution >= 4 is 17.1 Å². The van der Waals surface area contributed by atoms with Gasteiger partial charge in [-0.3, -0.25) is 9.78 Å². The Kier molecular flexibility index (Phi) is 4.26. The summed E-state index contributed by atoms with van der Waals surface area (Å²) in [6.45, 7) is 1.95. The SMILES string of the molecule is Cc1csc(-c2ccc(C(=O)C(C#N)c3ccccn3)cc2)n1. The third kappa shape index (κ3) is 3.17. The molecule has 0 saturated carbocycles. The number of benzene rings is 1. The van der Waals surface area contributed by atoms with Gasteiger partial charge in [0.2, 0.25) is 0 Å². The van der Waals surface area contributed by atoms with Crippen LogP contribution in [0.2, 0.25) is 0 Å². The van der Waals surface area contributed by atoms with Crippen molar-refractivity contribution in [1.82, 2.24) is 9.97 Å². The fourth-order valence-corrected chi connectivity index (χ4v) is 3.04. The van der Waals surface area contributed by atoms with Gasteiger partial charge in [0.1, 0.15) is 5.01 Å². The number of hydrogen-bond donors (Lipinski definition) is 0. The molecule has 1 atom stereocenters. The topological polar surface area (TPSA) is 66.6 Å². The number of pyridine rings is 1. The number of Topliss-reactive ketones (excluding diaryl/α,β-unsaturated/α-hetero) is 1. The third-order valence-corrected chi connectivity index (χ3v) is 4.42. The second-order valence-electron chi connectivity index (χ2n) is 5.05. The molecule has 2 heterocycles. The summed E-state index contributed by atoms with van der Waals surface area (Å²) in [5.74, 6) is -1.13. The fraction of sp³-hybridized carbons (Fsp3) is 0.111. The number of aromatic nitrogens is 2. The van der Waals surface area contributed by atoms with Crippen LogP contribution in [0.1, 0.15) is 27.7 Å². The summed E-state index contributed by atoms with van der Waals surface area (Å²) in [6, 6.07) is 14.5. The predicted molar refractivity (Wildman–Crippen MR) is 89.2 cm³/mol. The molecule has 3 rings (SSSR count). The van der Waals surface area contributed by atoms with E-state index in [0.29, 0.717) is 11.3 Å². The van der Waals surface area contributed by atoms with Crippen molar-refractivity contribution in [2.24, 2.45) is 0 Å². The van der Waals surface area contributed by atoms with Crippen molar-refractivity contribution in [3.8, 4) is 16.6 Å². The van der Waals surface area contributed by atoms with E-state index in [1.54, 1.807) is 47.9 Å². The standard InChI is InChI=1S/C18H13N3OS/c1-12-11-23-18(21-12)14-7-5-13(6-8-14)17(22)15(10-19)16-4-2-3-9-20-16/h2-9,11,15H,1H3. The zero-order valence-electron chi connectivity index (χ0n) is 12.4. The first-order valence-electron chi connectivity index (χ1n) is 7.06. The van der Waals surface area contributed by atoms with Crippen LogP contribution in [0.4, 0.5) is 0 Å². The van der Waals surface area contributed by atoms with E-state index in [0.717, 1.165) is 16.3 Å². The van der Waals surface area contributed by atoms with Gasteiger partial charge in [-0.25, -0.2) is 4.98 Å². The van der Waals surface area contributed by atoms with E-state index < -0.39 is 5.92 Å². The highest BCUT2D eigenvalue weighted by molar-refractivity contribution is 7.13. The van der Waals surface area contributed by atoms with Crippen LogP contribution >= 0.6 is 11.3 Å². The maximum Gasteiger partial charge on any atom is 0.186 e. The normalized spacial score (nSPS) is 11.7. The Hall–Kier alpha value is -2.84. The van der Waals surface area contributed by atoms with Gasteiger partial charge in [-0.15, -0.1) is 11.3 Å². The lowest BCUT2D eigenvalue weighted by molar-refractivity contribution is 0.0977. The number of rotatable bonds is 4. The monoisotopic (exact) mass is 319 g/mol. The van der Waals surface area contributed by atoms with Crippen LogP contribution in [0.5, 0.6) is 0 Å². The average molecular weight is 319 g/mol. The quantitative estimate of drug-likeness (QED) is 0.682. The molecule has 2 aromatic heterocycles. The van der Waals surface area contributed by atoms with E-state index in [4.69, 9.17) is 0 Å². The molecule has 0 amide bonds. The third-order valence-electron chi connectivity index (χ3n) is 3.41. The Balaban J connectivity index is 1.87. The summed E-state index contributed by atoms with van der Waals surface area (Å²) >= 11 is 1.57. The molecular formula is C18H13N3OS. The van der Waals surface area contributed by atoms with Gasteiger partial charge in [0.25, 0.3) is 0 Å². The van der Waals surface area contributed by atoms with Gasteiger partial charge in [-0.2, -0.15) is 5.26 Å². The van der Waals surface area contributed by atoms with Gasteiger partial charge in [-0.05, 0) is 19.1 Å². The Morgan fingerprint density at radius 2 is 2.00 bits per heavy atom. The molecular weight excluding hydrogens is 306 g/mol. The van der Waals surface area contributed by atoms with Crippen LogP contribution in [0.3, 0.4) is 0 Å². The smallest absolute Gasteiger partial charge is 0.186 e. The minimum atomic E-state index is -0.885. The Labute approximate surface area is 138 Å². The molecule has 4 nitrogen and oxygen atoms in total. The van der Waals surface area contributed by atoms with Crippen molar-refractivity contribution in [1.29, 1.82) is 5.26 Å². The predicted octanol–water partition coefficient (Wildman–Crippen LogP) is 4.00. The molecule has 0 aliphatic rings. The molecule has 3 aromatic rings. The van der Waals surface area contributed by atoms with Crippen LogP contribution in [-0.4, -0.2) is 15.8 Å². The number of nitrogens with zero attached hydrogens (tertiary/aromatic N) is 3. The van der Waals surface area contributed by atoms with Crippen molar-refractivity contribution in [3.63, 3.8) is 0 Å². The molecule has 0 fully saturated rings. The van der Waals surface area contributed by atoms with Gasteiger partial charge in [-0.1, -0.05) is 30.3 Å². The molecule has 0 saturated heterocycles. The molecule has 0 N–H and O–H groups in total. The van der Waals surface area contributed by atoms with Crippen LogP contribution in [0, 0.1) is 18.3 Å². The second kappa shape index (κ2) is 6.51. The zero-order chi connectivity index (χ0) is 16.2. The van der Waals surface area contributed by atoms with E-state index in [1.165, 1.54) is 0 Å². The molecule has 0 radical (unpaired) electrons. The summed E-state index contributed by atoms with van der Waals surface area (Å²) in [5, 5.41) is 12.2. The molecule has 0 aliphatic heterocycles. The minimum absolute atomic E-state index is 0.243. The highest BCUT2D eigenvalue weighted by Gasteiger charge is 2.22. The maximum atomic E-state index is 12.6. The summed E-state index contributed by atoms with van der Waals surface area (Å²) in [6.07, 6.45) is 1.58. The number of thiazole rings is 1. The molecule has 23 heavy (non-hydrogen) atoms. The first kappa shape index (κ1) is 15.1. The molecule has 0 aliphatic carbocycles. The average Bonchev–Trinajstić information content (AvgIpc) is 3.03. The molecule has 1 unspecified atom stereocenters. The summed E-state index contributed by atoms with van der Waals surface area (Å²) in [4.78, 5) is 21.1. The number of ketones is 1. The molecule has 5 heteroatoms. The lowest BCUT2D eigenvalue weighted by Crippen LogP contribution is -2.12. The second-order valence-corrected chi connectivity index (χ2v) is 5.91. The highest BCUT2D eigenvalue weighted by atomic mass is 32.1. The number of carbonyl (C=O) groups is 1. The maximum absolute atomic E-state index is 12.6. The van der Waals surface area contributed by atoms with Crippen LogP contribution < -0.4 is 0 Å². The van der Waals surface area contributed by atoms with Gasteiger partial charge >= 0.3 is 0 Å². The van der Waals surface area contributed by atoms with Crippen molar-refractivity contribution in [3.05, 3.63) is 71.0 Å². The number of nitriles is 1. The van der Waals surface area contributed by atoms with Crippen molar-refractivity contribution in [2.45, 2.75) is 12.8 Å². The zero-order valence-corrected chi connectivity index (χ0v) is 13.2. The van der Waals surface area contributed by atoms with Crippen molar-refractivity contribution < 1.29 is 4.79 Å². The van der Waals surface area contributed by atoms with Crippen molar-refractivity contribution in [2.75, 3.05) is 0 Å². The first-order valence-corrected chi connectivity index (χ1v) is 7.94. The lowest BCUT2D eigenvalue weighted by atomic mass is 9.95. The minimum Gasteiger partial charge on any atom is -0.292 e. The largest absolute Gasteiger partial charge is 0.292 e.